The predicted octanol–water partition coefficient (Wildman–Crippen LogP) is 2.66. The Morgan fingerprint density at radius 3 is 2.44 bits per heavy atom. The van der Waals surface area contributed by atoms with Crippen LogP contribution in [-0.2, 0) is 9.53 Å². The number of carbonyl (C=O) groups is 1. The molecule has 1 aliphatic carbocycles. The van der Waals surface area contributed by atoms with Gasteiger partial charge in [-0.3, -0.25) is 5.32 Å². The Labute approximate surface area is 109 Å². The molecular weight excluding hydrogens is 226 g/mol. The van der Waals surface area contributed by atoms with Crippen LogP contribution in [0.4, 0.5) is 0 Å². The van der Waals surface area contributed by atoms with Crippen LogP contribution < -0.4 is 5.32 Å². The number of nitrogens with one attached hydrogen (secondary N) is 1. The maximum absolute atomic E-state index is 12.0. The molecule has 1 atom stereocenters. The van der Waals surface area contributed by atoms with E-state index in [9.17, 15) is 4.79 Å². The fraction of sp³-hybridized carbons (Fsp3) is 0.533. The van der Waals surface area contributed by atoms with E-state index in [1.807, 2.05) is 6.92 Å². The smallest absolute Gasteiger partial charge is 0.327 e. The minimum absolute atomic E-state index is 0.172. The minimum atomic E-state index is -0.323. The lowest BCUT2D eigenvalue weighted by Crippen LogP contribution is -2.31. The molecule has 0 radical (unpaired) electrons. The maximum Gasteiger partial charge on any atom is 0.327 e. The van der Waals surface area contributed by atoms with Crippen LogP contribution in [-0.4, -0.2) is 18.6 Å². The van der Waals surface area contributed by atoms with Gasteiger partial charge in [0.1, 0.15) is 6.04 Å². The zero-order valence-electron chi connectivity index (χ0n) is 11.3. The van der Waals surface area contributed by atoms with Crippen molar-refractivity contribution in [1.82, 2.24) is 5.32 Å². The van der Waals surface area contributed by atoms with Gasteiger partial charge in [-0.2, -0.15) is 0 Å². The Hall–Kier alpha value is -1.35. The van der Waals surface area contributed by atoms with Gasteiger partial charge in [-0.25, -0.2) is 4.79 Å². The second-order valence-electron chi connectivity index (χ2n) is 5.05. The predicted molar refractivity (Wildman–Crippen MR) is 71.4 cm³/mol. The van der Waals surface area contributed by atoms with Crippen LogP contribution in [0.3, 0.4) is 0 Å². The molecule has 1 fully saturated rings. The summed E-state index contributed by atoms with van der Waals surface area (Å²) in [6.07, 6.45) is 2.31. The van der Waals surface area contributed by atoms with Crippen LogP contribution >= 0.6 is 0 Å². The fourth-order valence-corrected chi connectivity index (χ4v) is 2.19. The zero-order chi connectivity index (χ0) is 13.1. The summed E-state index contributed by atoms with van der Waals surface area (Å²) < 4.78 is 5.17. The van der Waals surface area contributed by atoms with Crippen molar-refractivity contribution in [3.63, 3.8) is 0 Å². The first kappa shape index (κ1) is 13.1. The molecule has 1 aromatic carbocycles. The Bertz CT molecular complexity index is 418. The van der Waals surface area contributed by atoms with Crippen molar-refractivity contribution in [3.8, 4) is 0 Å². The van der Waals surface area contributed by atoms with Gasteiger partial charge in [-0.15, -0.1) is 0 Å². The number of aryl methyl sites for hydroxylation is 2. The molecule has 2 rings (SSSR count). The maximum atomic E-state index is 12.0. The highest BCUT2D eigenvalue weighted by molar-refractivity contribution is 5.78. The van der Waals surface area contributed by atoms with E-state index in [1.165, 1.54) is 11.1 Å². The average molecular weight is 247 g/mol. The summed E-state index contributed by atoms with van der Waals surface area (Å²) in [5.41, 5.74) is 3.37. The highest BCUT2D eigenvalue weighted by atomic mass is 16.5. The van der Waals surface area contributed by atoms with Gasteiger partial charge >= 0.3 is 5.97 Å². The van der Waals surface area contributed by atoms with Crippen molar-refractivity contribution in [1.29, 1.82) is 0 Å². The van der Waals surface area contributed by atoms with Crippen LogP contribution in [0.1, 0.15) is 42.5 Å². The van der Waals surface area contributed by atoms with E-state index in [4.69, 9.17) is 4.74 Å². The summed E-state index contributed by atoms with van der Waals surface area (Å²) in [6.45, 7) is 6.37. The summed E-state index contributed by atoms with van der Waals surface area (Å²) >= 11 is 0. The van der Waals surface area contributed by atoms with Crippen LogP contribution in [0, 0.1) is 13.8 Å². The Morgan fingerprint density at radius 1 is 1.33 bits per heavy atom. The number of hydrogen-bond acceptors (Lipinski definition) is 3. The summed E-state index contributed by atoms with van der Waals surface area (Å²) in [5, 5.41) is 3.37. The third-order valence-electron chi connectivity index (χ3n) is 3.08. The third kappa shape index (κ3) is 3.33. The van der Waals surface area contributed by atoms with E-state index in [0.717, 1.165) is 18.4 Å². The quantitative estimate of drug-likeness (QED) is 0.813. The van der Waals surface area contributed by atoms with Gasteiger partial charge in [0.05, 0.1) is 6.61 Å². The molecule has 0 aliphatic heterocycles. The second-order valence-corrected chi connectivity index (χ2v) is 5.05. The lowest BCUT2D eigenvalue weighted by atomic mass is 10.0. The number of benzene rings is 1. The highest BCUT2D eigenvalue weighted by Gasteiger charge is 2.30. The lowest BCUT2D eigenvalue weighted by Gasteiger charge is -2.18. The molecule has 3 heteroatoms. The number of hydrogen-bond donors (Lipinski definition) is 1. The number of esters is 1. The highest BCUT2D eigenvalue weighted by Crippen LogP contribution is 2.26. The van der Waals surface area contributed by atoms with Gasteiger partial charge in [0.2, 0.25) is 0 Å². The molecule has 0 spiro atoms. The zero-order valence-corrected chi connectivity index (χ0v) is 11.3. The molecule has 1 aromatic rings. The summed E-state index contributed by atoms with van der Waals surface area (Å²) in [7, 11) is 0. The van der Waals surface area contributed by atoms with E-state index >= 15 is 0 Å². The van der Waals surface area contributed by atoms with Crippen LogP contribution in [0.15, 0.2) is 18.2 Å². The van der Waals surface area contributed by atoms with E-state index in [0.29, 0.717) is 12.6 Å². The van der Waals surface area contributed by atoms with E-state index in [1.54, 1.807) is 0 Å². The first-order valence-corrected chi connectivity index (χ1v) is 6.61. The Balaban J connectivity index is 2.22. The Morgan fingerprint density at radius 2 is 1.94 bits per heavy atom. The number of carbonyl (C=O) groups excluding carboxylic acids is 1. The molecule has 0 heterocycles. The molecule has 1 aliphatic rings. The molecule has 3 nitrogen and oxygen atoms in total. The standard InChI is InChI=1S/C15H21NO2/c1-4-18-15(17)14(16-13-5-6-13)12-8-10(2)7-11(3)9-12/h7-9,13-14,16H,4-6H2,1-3H3. The van der Waals surface area contributed by atoms with E-state index in [-0.39, 0.29) is 12.0 Å². The largest absolute Gasteiger partial charge is 0.465 e. The second kappa shape index (κ2) is 5.53. The number of rotatable bonds is 5. The van der Waals surface area contributed by atoms with Crippen molar-refractivity contribution in [2.75, 3.05) is 6.61 Å². The molecule has 1 N–H and O–H groups in total. The SMILES string of the molecule is CCOC(=O)C(NC1CC1)c1cc(C)cc(C)c1. The van der Waals surface area contributed by atoms with Gasteiger partial charge < -0.3 is 4.74 Å². The lowest BCUT2D eigenvalue weighted by molar-refractivity contribution is -0.145. The molecular formula is C15H21NO2. The molecule has 0 saturated heterocycles. The normalized spacial score (nSPS) is 16.4. The fourth-order valence-electron chi connectivity index (χ4n) is 2.19. The molecule has 0 bridgehead atoms. The van der Waals surface area contributed by atoms with Crippen molar-refractivity contribution < 1.29 is 9.53 Å². The van der Waals surface area contributed by atoms with Gasteiger partial charge in [-0.1, -0.05) is 29.3 Å². The summed E-state index contributed by atoms with van der Waals surface area (Å²) in [5.74, 6) is -0.172. The van der Waals surface area contributed by atoms with Crippen molar-refractivity contribution in [3.05, 3.63) is 34.9 Å². The molecule has 0 amide bonds. The van der Waals surface area contributed by atoms with Crippen LogP contribution in [0.2, 0.25) is 0 Å². The molecule has 0 aromatic heterocycles. The molecule has 1 unspecified atom stereocenters. The first-order valence-electron chi connectivity index (χ1n) is 6.61. The third-order valence-corrected chi connectivity index (χ3v) is 3.08. The average Bonchev–Trinajstić information content (AvgIpc) is 3.08. The monoisotopic (exact) mass is 247 g/mol. The molecule has 1 saturated carbocycles. The van der Waals surface area contributed by atoms with Crippen molar-refractivity contribution >= 4 is 5.97 Å². The molecule has 18 heavy (non-hydrogen) atoms. The Kier molecular flexibility index (Phi) is 4.02. The van der Waals surface area contributed by atoms with Crippen molar-refractivity contribution in [2.45, 2.75) is 45.7 Å². The summed E-state index contributed by atoms with van der Waals surface area (Å²) in [6, 6.07) is 6.38. The first-order chi connectivity index (χ1) is 8.60. The van der Waals surface area contributed by atoms with Gasteiger partial charge in [0, 0.05) is 6.04 Å². The topological polar surface area (TPSA) is 38.3 Å². The minimum Gasteiger partial charge on any atom is -0.465 e. The molecule has 98 valence electrons. The van der Waals surface area contributed by atoms with E-state index < -0.39 is 0 Å². The van der Waals surface area contributed by atoms with E-state index in [2.05, 4.69) is 37.4 Å². The van der Waals surface area contributed by atoms with Crippen LogP contribution in [0.5, 0.6) is 0 Å². The van der Waals surface area contributed by atoms with Crippen LogP contribution in [0.25, 0.3) is 0 Å². The number of ether oxygens (including phenoxy) is 1. The van der Waals surface area contributed by atoms with Gasteiger partial charge in [-0.05, 0) is 39.2 Å². The summed E-state index contributed by atoms with van der Waals surface area (Å²) in [4.78, 5) is 12.0. The van der Waals surface area contributed by atoms with Crippen molar-refractivity contribution in [2.24, 2.45) is 0 Å². The van der Waals surface area contributed by atoms with Gasteiger partial charge in [0.15, 0.2) is 0 Å². The van der Waals surface area contributed by atoms with Gasteiger partial charge in [0.25, 0.3) is 0 Å².